The lowest BCUT2D eigenvalue weighted by atomic mass is 10.0. The van der Waals surface area contributed by atoms with Crippen molar-refractivity contribution in [2.45, 2.75) is 29.9 Å². The molecule has 2 aliphatic heterocycles. The first kappa shape index (κ1) is 15.4. The predicted molar refractivity (Wildman–Crippen MR) is 82.3 cm³/mol. The molecule has 0 aromatic carbocycles. The molecule has 0 bridgehead atoms. The van der Waals surface area contributed by atoms with Gasteiger partial charge in [-0.3, -0.25) is 9.69 Å². The van der Waals surface area contributed by atoms with Gasteiger partial charge < -0.3 is 15.3 Å². The first-order chi connectivity index (χ1) is 10.5. The molecule has 3 heterocycles. The van der Waals surface area contributed by atoms with Crippen LogP contribution in [0.25, 0.3) is 0 Å². The van der Waals surface area contributed by atoms with Gasteiger partial charge in [0.1, 0.15) is 17.1 Å². The number of carboxylic acid groups (broad SMARTS) is 1. The number of carbonyl (C=O) groups excluding carboxylic acids is 1. The van der Waals surface area contributed by atoms with Crippen LogP contribution >= 0.6 is 23.5 Å². The second kappa shape index (κ2) is 5.98. The summed E-state index contributed by atoms with van der Waals surface area (Å²) in [6.07, 6.45) is 2.14. The highest BCUT2D eigenvalue weighted by atomic mass is 32.2. The normalized spacial score (nSPS) is 24.3. The highest BCUT2D eigenvalue weighted by Crippen LogP contribution is 2.40. The fourth-order valence-corrected chi connectivity index (χ4v) is 4.90. The zero-order valence-corrected chi connectivity index (χ0v) is 13.4. The van der Waals surface area contributed by atoms with Crippen LogP contribution in [-0.2, 0) is 16.0 Å². The first-order valence-electron chi connectivity index (χ1n) is 6.75. The summed E-state index contributed by atoms with van der Waals surface area (Å²) in [6.45, 7) is 1.98. The molecule has 2 atom stereocenters. The Morgan fingerprint density at radius 3 is 3.14 bits per heavy atom. The lowest BCUT2D eigenvalue weighted by molar-refractivity contribution is -0.147. The monoisotopic (exact) mass is 341 g/mol. The maximum atomic E-state index is 11.8. The van der Waals surface area contributed by atoms with Gasteiger partial charge in [-0.15, -0.1) is 11.8 Å². The maximum Gasteiger partial charge on any atom is 0.352 e. The largest absolute Gasteiger partial charge is 0.477 e. The van der Waals surface area contributed by atoms with Gasteiger partial charge in [-0.25, -0.2) is 9.78 Å². The van der Waals surface area contributed by atoms with E-state index in [2.05, 4.69) is 4.98 Å². The number of aliphatic carboxylic acids is 1. The van der Waals surface area contributed by atoms with Crippen LogP contribution in [0.1, 0.15) is 12.6 Å². The Labute approximate surface area is 135 Å². The lowest BCUT2D eigenvalue weighted by Crippen LogP contribution is -2.68. The number of nitrogens with zero attached hydrogens (tertiary/aromatic N) is 2. The minimum Gasteiger partial charge on any atom is -0.477 e. The number of carbonyl (C=O) groups is 2. The topological polar surface area (TPSA) is 110 Å². The summed E-state index contributed by atoms with van der Waals surface area (Å²) in [5.74, 6) is -0.421. The summed E-state index contributed by atoms with van der Waals surface area (Å²) < 4.78 is 5.32. The molecular weight excluding hydrogens is 326 g/mol. The molecule has 3 rings (SSSR count). The summed E-state index contributed by atoms with van der Waals surface area (Å²) in [7, 11) is 0. The van der Waals surface area contributed by atoms with E-state index >= 15 is 0 Å². The van der Waals surface area contributed by atoms with E-state index in [0.717, 1.165) is 12.1 Å². The zero-order chi connectivity index (χ0) is 15.9. The van der Waals surface area contributed by atoms with Crippen molar-refractivity contribution in [1.29, 1.82) is 0 Å². The number of nitrogens with two attached hydrogens (primary N) is 1. The second-order valence-electron chi connectivity index (χ2n) is 4.92. The van der Waals surface area contributed by atoms with Gasteiger partial charge in [0.05, 0.1) is 5.69 Å². The smallest absolute Gasteiger partial charge is 0.352 e. The second-order valence-corrected chi connectivity index (χ2v) is 6.97. The van der Waals surface area contributed by atoms with E-state index in [1.54, 1.807) is 0 Å². The lowest BCUT2D eigenvalue weighted by Gasteiger charge is -2.48. The predicted octanol–water partition coefficient (Wildman–Crippen LogP) is 0.910. The molecule has 1 aromatic rings. The number of fused-ring (bicyclic) bond motifs is 1. The van der Waals surface area contributed by atoms with Gasteiger partial charge in [0, 0.05) is 11.5 Å². The summed E-state index contributed by atoms with van der Waals surface area (Å²) in [5, 5.41) is 9.88. The molecule has 3 N–H and O–H groups in total. The van der Waals surface area contributed by atoms with Crippen LogP contribution in [0.2, 0.25) is 0 Å². The van der Waals surface area contributed by atoms with Gasteiger partial charge in [0.2, 0.25) is 5.91 Å². The standard InChI is InChI=1S/C13H15N3O4S2/c1-2-7-13(20-5-15-7)22-4-6-3-21-11-8(14)10(17)16(11)9(6)12(18)19/h5,8,11H,2-4,14H2,1H3,(H,18,19)/t8?,11-/m1/s1. The van der Waals surface area contributed by atoms with Crippen molar-refractivity contribution >= 4 is 35.4 Å². The minimum absolute atomic E-state index is 0.0699. The molecule has 9 heteroatoms. The minimum atomic E-state index is -1.09. The number of carboxylic acids is 1. The Morgan fingerprint density at radius 1 is 1.68 bits per heavy atom. The Morgan fingerprint density at radius 2 is 2.45 bits per heavy atom. The Balaban J connectivity index is 1.81. The fourth-order valence-electron chi connectivity index (χ4n) is 2.46. The van der Waals surface area contributed by atoms with Crippen molar-refractivity contribution in [2.75, 3.05) is 11.5 Å². The molecule has 0 radical (unpaired) electrons. The number of β-lactam (4-membered cyclic amide) rings is 1. The number of aryl methyl sites for hydroxylation is 1. The highest BCUT2D eigenvalue weighted by Gasteiger charge is 2.51. The number of thioether (sulfide) groups is 2. The van der Waals surface area contributed by atoms with Crippen LogP contribution in [0, 0.1) is 0 Å². The summed E-state index contributed by atoms with van der Waals surface area (Å²) in [4.78, 5) is 28.8. The van der Waals surface area contributed by atoms with E-state index in [1.807, 2.05) is 6.92 Å². The third-order valence-corrected chi connectivity index (χ3v) is 6.05. The molecular formula is C13H15N3O4S2. The van der Waals surface area contributed by atoms with Gasteiger partial charge in [0.15, 0.2) is 11.5 Å². The number of rotatable bonds is 5. The third kappa shape index (κ3) is 2.42. The molecule has 1 unspecified atom stereocenters. The number of oxazole rings is 1. The molecule has 0 aliphatic carbocycles. The van der Waals surface area contributed by atoms with Crippen LogP contribution in [0.15, 0.2) is 27.2 Å². The molecule has 1 amide bonds. The van der Waals surface area contributed by atoms with E-state index in [9.17, 15) is 14.7 Å². The first-order valence-corrected chi connectivity index (χ1v) is 8.78. The zero-order valence-electron chi connectivity index (χ0n) is 11.8. The summed E-state index contributed by atoms with van der Waals surface area (Å²) in [5.41, 5.74) is 7.35. The van der Waals surface area contributed by atoms with Gasteiger partial charge in [-0.05, 0) is 12.0 Å². The van der Waals surface area contributed by atoms with Gasteiger partial charge in [0.25, 0.3) is 0 Å². The van der Waals surface area contributed by atoms with Crippen LogP contribution in [0.4, 0.5) is 0 Å². The number of hydrogen-bond acceptors (Lipinski definition) is 7. The van der Waals surface area contributed by atoms with Crippen LogP contribution in [-0.4, -0.2) is 49.8 Å². The molecule has 7 nitrogen and oxygen atoms in total. The van der Waals surface area contributed by atoms with Crippen LogP contribution in [0.5, 0.6) is 0 Å². The van der Waals surface area contributed by atoms with E-state index in [0.29, 0.717) is 22.2 Å². The third-order valence-electron chi connectivity index (χ3n) is 3.61. The number of aromatic nitrogens is 1. The van der Waals surface area contributed by atoms with E-state index in [-0.39, 0.29) is 17.0 Å². The van der Waals surface area contributed by atoms with Crippen molar-refractivity contribution in [3.8, 4) is 0 Å². The van der Waals surface area contributed by atoms with Gasteiger partial charge in [-0.2, -0.15) is 0 Å². The van der Waals surface area contributed by atoms with Crippen molar-refractivity contribution in [2.24, 2.45) is 5.73 Å². The number of hydrogen-bond donors (Lipinski definition) is 2. The molecule has 1 aromatic heterocycles. The van der Waals surface area contributed by atoms with Crippen molar-refractivity contribution in [1.82, 2.24) is 9.88 Å². The highest BCUT2D eigenvalue weighted by molar-refractivity contribution is 8.01. The van der Waals surface area contributed by atoms with Crippen molar-refractivity contribution in [3.05, 3.63) is 23.4 Å². The van der Waals surface area contributed by atoms with Crippen LogP contribution < -0.4 is 5.73 Å². The fraction of sp³-hybridized carbons (Fsp3) is 0.462. The SMILES string of the molecule is CCc1ncoc1SCC1=C(C(=O)O)N2C(=O)C(N)[C@H]2SC1. The molecule has 2 aliphatic rings. The molecule has 0 saturated carbocycles. The molecule has 118 valence electrons. The molecule has 1 fully saturated rings. The van der Waals surface area contributed by atoms with Gasteiger partial charge >= 0.3 is 5.97 Å². The molecule has 22 heavy (non-hydrogen) atoms. The Hall–Kier alpha value is -1.45. The van der Waals surface area contributed by atoms with Crippen LogP contribution in [0.3, 0.4) is 0 Å². The molecule has 0 spiro atoms. The maximum absolute atomic E-state index is 11.8. The Kier molecular flexibility index (Phi) is 4.20. The van der Waals surface area contributed by atoms with Gasteiger partial charge in [-0.1, -0.05) is 18.7 Å². The van der Waals surface area contributed by atoms with E-state index in [1.165, 1.54) is 34.8 Å². The average Bonchev–Trinajstić information content (AvgIpc) is 2.98. The summed E-state index contributed by atoms with van der Waals surface area (Å²) >= 11 is 2.90. The Bertz CT molecular complexity index is 657. The van der Waals surface area contributed by atoms with E-state index in [4.69, 9.17) is 10.2 Å². The van der Waals surface area contributed by atoms with Crippen molar-refractivity contribution in [3.63, 3.8) is 0 Å². The molecule has 1 saturated heterocycles. The number of amides is 1. The summed E-state index contributed by atoms with van der Waals surface area (Å²) in [6, 6.07) is -0.602. The van der Waals surface area contributed by atoms with Crippen molar-refractivity contribution < 1.29 is 19.1 Å². The quantitative estimate of drug-likeness (QED) is 0.601. The average molecular weight is 341 g/mol. The van der Waals surface area contributed by atoms with E-state index < -0.39 is 12.0 Å².